The molecule has 0 aliphatic carbocycles. The molecule has 96 valence electrons. The van der Waals surface area contributed by atoms with Crippen molar-refractivity contribution in [1.29, 1.82) is 0 Å². The van der Waals surface area contributed by atoms with E-state index >= 15 is 0 Å². The normalized spacial score (nSPS) is 13.5. The Labute approximate surface area is 110 Å². The van der Waals surface area contributed by atoms with Gasteiger partial charge in [0.25, 0.3) is 0 Å². The Bertz CT molecular complexity index is 341. The number of aryl methyl sites for hydroxylation is 1. The lowest BCUT2D eigenvalue weighted by Gasteiger charge is -2.25. The molecule has 0 amide bonds. The maximum absolute atomic E-state index is 6.40. The van der Waals surface area contributed by atoms with Crippen molar-refractivity contribution in [1.82, 2.24) is 0 Å². The minimum absolute atomic E-state index is 0.155. The molecule has 1 aromatic rings. The lowest BCUT2D eigenvalue weighted by Crippen LogP contribution is -2.21. The molecule has 1 rings (SSSR count). The molecule has 0 N–H and O–H groups in total. The number of ether oxygens (including phenoxy) is 1. The zero-order valence-corrected chi connectivity index (χ0v) is 12.1. The standard InChI is InChI=1S/C15H23ClO/c1-5-17-13-9-7-6-8-12(13)10-11-14(16)15(2,3)4/h6-9,14H,5,10-11H2,1-4H3. The highest BCUT2D eigenvalue weighted by atomic mass is 35.5. The Kier molecular flexibility index (Phi) is 5.32. The van der Waals surface area contributed by atoms with Crippen LogP contribution in [-0.2, 0) is 6.42 Å². The Morgan fingerprint density at radius 2 is 1.88 bits per heavy atom. The van der Waals surface area contributed by atoms with Crippen LogP contribution in [0.1, 0.15) is 39.7 Å². The van der Waals surface area contributed by atoms with E-state index in [1.807, 2.05) is 19.1 Å². The number of hydrogen-bond acceptors (Lipinski definition) is 1. The van der Waals surface area contributed by atoms with Crippen molar-refractivity contribution in [2.45, 2.75) is 45.9 Å². The molecular formula is C15H23ClO. The predicted molar refractivity (Wildman–Crippen MR) is 75.0 cm³/mol. The first-order valence-electron chi connectivity index (χ1n) is 6.30. The maximum atomic E-state index is 6.40. The number of hydrogen-bond donors (Lipinski definition) is 0. The summed E-state index contributed by atoms with van der Waals surface area (Å²) < 4.78 is 5.61. The second-order valence-corrected chi connectivity index (χ2v) is 5.94. The Morgan fingerprint density at radius 3 is 2.47 bits per heavy atom. The monoisotopic (exact) mass is 254 g/mol. The van der Waals surface area contributed by atoms with E-state index < -0.39 is 0 Å². The zero-order valence-electron chi connectivity index (χ0n) is 11.3. The number of alkyl halides is 1. The zero-order chi connectivity index (χ0) is 12.9. The molecular weight excluding hydrogens is 232 g/mol. The smallest absolute Gasteiger partial charge is 0.122 e. The van der Waals surface area contributed by atoms with Gasteiger partial charge in [-0.05, 0) is 36.8 Å². The van der Waals surface area contributed by atoms with Crippen molar-refractivity contribution in [2.75, 3.05) is 6.61 Å². The number of halogens is 1. The van der Waals surface area contributed by atoms with Gasteiger partial charge in [0.15, 0.2) is 0 Å². The fraction of sp³-hybridized carbons (Fsp3) is 0.600. The van der Waals surface area contributed by atoms with Crippen LogP contribution in [0.15, 0.2) is 24.3 Å². The lowest BCUT2D eigenvalue weighted by atomic mass is 9.88. The van der Waals surface area contributed by atoms with Crippen molar-refractivity contribution >= 4 is 11.6 Å². The van der Waals surface area contributed by atoms with Gasteiger partial charge in [-0.25, -0.2) is 0 Å². The summed E-state index contributed by atoms with van der Waals surface area (Å²) in [7, 11) is 0. The van der Waals surface area contributed by atoms with Crippen LogP contribution in [-0.4, -0.2) is 12.0 Å². The van der Waals surface area contributed by atoms with E-state index in [0.29, 0.717) is 6.61 Å². The van der Waals surface area contributed by atoms with Crippen LogP contribution < -0.4 is 4.74 Å². The van der Waals surface area contributed by atoms with Gasteiger partial charge >= 0.3 is 0 Å². The van der Waals surface area contributed by atoms with Crippen LogP contribution in [0.3, 0.4) is 0 Å². The molecule has 0 bridgehead atoms. The number of rotatable bonds is 5. The highest BCUT2D eigenvalue weighted by Crippen LogP contribution is 2.29. The van der Waals surface area contributed by atoms with Gasteiger partial charge in [-0.3, -0.25) is 0 Å². The molecule has 1 nitrogen and oxygen atoms in total. The molecule has 17 heavy (non-hydrogen) atoms. The van der Waals surface area contributed by atoms with E-state index in [9.17, 15) is 0 Å². The van der Waals surface area contributed by atoms with Gasteiger partial charge in [0.1, 0.15) is 5.75 Å². The van der Waals surface area contributed by atoms with Crippen molar-refractivity contribution in [3.05, 3.63) is 29.8 Å². The van der Waals surface area contributed by atoms with Crippen molar-refractivity contribution in [2.24, 2.45) is 5.41 Å². The molecule has 0 fully saturated rings. The molecule has 1 atom stereocenters. The SMILES string of the molecule is CCOc1ccccc1CCC(Cl)C(C)(C)C. The fourth-order valence-corrected chi connectivity index (χ4v) is 1.83. The van der Waals surface area contributed by atoms with Gasteiger partial charge in [-0.15, -0.1) is 11.6 Å². The quantitative estimate of drug-likeness (QED) is 0.694. The van der Waals surface area contributed by atoms with E-state index in [1.165, 1.54) is 5.56 Å². The third kappa shape index (κ3) is 4.59. The van der Waals surface area contributed by atoms with Gasteiger partial charge in [-0.1, -0.05) is 39.0 Å². The molecule has 0 saturated carbocycles. The minimum Gasteiger partial charge on any atom is -0.494 e. The summed E-state index contributed by atoms with van der Waals surface area (Å²) in [5, 5.41) is 0.192. The second-order valence-electron chi connectivity index (χ2n) is 5.41. The van der Waals surface area contributed by atoms with Crippen molar-refractivity contribution in [3.8, 4) is 5.75 Å². The first-order valence-corrected chi connectivity index (χ1v) is 6.73. The van der Waals surface area contributed by atoms with Crippen molar-refractivity contribution < 1.29 is 4.74 Å². The molecule has 0 aliphatic heterocycles. The first kappa shape index (κ1) is 14.4. The van der Waals surface area contributed by atoms with Gasteiger partial charge in [0.05, 0.1) is 6.61 Å². The summed E-state index contributed by atoms with van der Waals surface area (Å²) in [5.74, 6) is 0.993. The van der Waals surface area contributed by atoms with Crippen LogP contribution in [0.25, 0.3) is 0 Å². The summed E-state index contributed by atoms with van der Waals surface area (Å²) in [6.07, 6.45) is 1.96. The van der Waals surface area contributed by atoms with Gasteiger partial charge in [0.2, 0.25) is 0 Å². The Balaban J connectivity index is 2.63. The third-order valence-corrected chi connectivity index (χ3v) is 3.75. The summed E-state index contributed by atoms with van der Waals surface area (Å²) >= 11 is 6.40. The van der Waals surface area contributed by atoms with Crippen LogP contribution in [0, 0.1) is 5.41 Å². The lowest BCUT2D eigenvalue weighted by molar-refractivity contribution is 0.333. The molecule has 0 heterocycles. The van der Waals surface area contributed by atoms with Gasteiger partial charge in [0, 0.05) is 5.38 Å². The number of benzene rings is 1. The van der Waals surface area contributed by atoms with E-state index in [-0.39, 0.29) is 10.8 Å². The molecule has 0 saturated heterocycles. The summed E-state index contributed by atoms with van der Waals surface area (Å²) in [5.41, 5.74) is 1.41. The molecule has 1 aromatic carbocycles. The first-order chi connectivity index (χ1) is 7.95. The van der Waals surface area contributed by atoms with Gasteiger partial charge < -0.3 is 4.74 Å². The molecule has 0 aromatic heterocycles. The summed E-state index contributed by atoms with van der Waals surface area (Å²) in [6, 6.07) is 8.21. The fourth-order valence-electron chi connectivity index (χ4n) is 1.72. The van der Waals surface area contributed by atoms with Crippen LogP contribution in [0.5, 0.6) is 5.75 Å². The molecule has 1 unspecified atom stereocenters. The van der Waals surface area contributed by atoms with Crippen LogP contribution in [0.4, 0.5) is 0 Å². The molecule has 0 aliphatic rings. The Morgan fingerprint density at radius 1 is 1.24 bits per heavy atom. The van der Waals surface area contributed by atoms with Gasteiger partial charge in [-0.2, -0.15) is 0 Å². The summed E-state index contributed by atoms with van der Waals surface area (Å²) in [6.45, 7) is 9.26. The average molecular weight is 255 g/mol. The largest absolute Gasteiger partial charge is 0.494 e. The van der Waals surface area contributed by atoms with E-state index in [1.54, 1.807) is 0 Å². The number of para-hydroxylation sites is 1. The second kappa shape index (κ2) is 6.30. The van der Waals surface area contributed by atoms with Crippen LogP contribution >= 0.6 is 11.6 Å². The van der Waals surface area contributed by atoms with Crippen LogP contribution in [0.2, 0.25) is 0 Å². The Hall–Kier alpha value is -0.690. The average Bonchev–Trinajstić information content (AvgIpc) is 2.26. The van der Waals surface area contributed by atoms with E-state index in [2.05, 4.69) is 32.9 Å². The van der Waals surface area contributed by atoms with E-state index in [4.69, 9.17) is 16.3 Å². The van der Waals surface area contributed by atoms with Crippen molar-refractivity contribution in [3.63, 3.8) is 0 Å². The highest BCUT2D eigenvalue weighted by Gasteiger charge is 2.22. The maximum Gasteiger partial charge on any atom is 0.122 e. The highest BCUT2D eigenvalue weighted by molar-refractivity contribution is 6.21. The molecule has 0 spiro atoms. The third-order valence-electron chi connectivity index (χ3n) is 2.88. The summed E-state index contributed by atoms with van der Waals surface area (Å²) in [4.78, 5) is 0. The van der Waals surface area contributed by atoms with E-state index in [0.717, 1.165) is 18.6 Å². The molecule has 2 heteroatoms. The predicted octanol–water partition coefficient (Wildman–Crippen LogP) is 4.67. The topological polar surface area (TPSA) is 9.23 Å². The molecule has 0 radical (unpaired) electrons. The minimum atomic E-state index is 0.155.